The van der Waals surface area contributed by atoms with Crippen LogP contribution in [0.4, 0.5) is 5.69 Å². The van der Waals surface area contributed by atoms with Crippen LogP contribution in [0.3, 0.4) is 0 Å². The first-order chi connectivity index (χ1) is 13.1. The highest BCUT2D eigenvalue weighted by atomic mass is 16.1. The summed E-state index contributed by atoms with van der Waals surface area (Å²) in [5.41, 5.74) is 2.53. The Bertz CT molecular complexity index is 612. The van der Waals surface area contributed by atoms with Gasteiger partial charge in [0, 0.05) is 50.9 Å². The van der Waals surface area contributed by atoms with E-state index in [0.717, 1.165) is 51.4 Å². The highest BCUT2D eigenvalue weighted by Gasteiger charge is 2.22. The number of aliphatic imine (C=N–C) groups is 1. The lowest BCUT2D eigenvalue weighted by molar-refractivity contribution is -0.121. The Morgan fingerprint density at radius 3 is 2.74 bits per heavy atom. The molecule has 6 heteroatoms. The monoisotopic (exact) mass is 373 g/mol. The zero-order valence-electron chi connectivity index (χ0n) is 17.1. The van der Waals surface area contributed by atoms with Crippen LogP contribution in [0.2, 0.25) is 0 Å². The Hall–Kier alpha value is -2.24. The summed E-state index contributed by atoms with van der Waals surface area (Å²) in [6.07, 6.45) is 3.60. The van der Waals surface area contributed by atoms with Crippen molar-refractivity contribution in [1.29, 1.82) is 0 Å². The third-order valence-corrected chi connectivity index (χ3v) is 4.54. The van der Waals surface area contributed by atoms with Gasteiger partial charge in [0.1, 0.15) is 0 Å². The van der Waals surface area contributed by atoms with Crippen molar-refractivity contribution in [1.82, 2.24) is 16.0 Å². The largest absolute Gasteiger partial charge is 0.370 e. The van der Waals surface area contributed by atoms with Crippen LogP contribution in [0, 0.1) is 6.92 Å². The minimum atomic E-state index is 0.155. The van der Waals surface area contributed by atoms with Crippen molar-refractivity contribution in [2.45, 2.75) is 52.5 Å². The maximum absolute atomic E-state index is 11.7. The summed E-state index contributed by atoms with van der Waals surface area (Å²) in [7, 11) is 0. The predicted octanol–water partition coefficient (Wildman–Crippen LogP) is 2.44. The summed E-state index contributed by atoms with van der Waals surface area (Å²) in [4.78, 5) is 18.6. The molecule has 150 valence electrons. The molecule has 0 heterocycles. The normalized spacial score (nSPS) is 14.0. The zero-order valence-corrected chi connectivity index (χ0v) is 17.1. The molecule has 3 N–H and O–H groups in total. The third kappa shape index (κ3) is 8.33. The molecule has 1 aliphatic rings. The fourth-order valence-corrected chi connectivity index (χ4v) is 2.90. The van der Waals surface area contributed by atoms with E-state index in [2.05, 4.69) is 70.9 Å². The van der Waals surface area contributed by atoms with Crippen molar-refractivity contribution in [3.63, 3.8) is 0 Å². The van der Waals surface area contributed by atoms with Gasteiger partial charge in [0.05, 0.1) is 0 Å². The minimum Gasteiger partial charge on any atom is -0.370 e. The van der Waals surface area contributed by atoms with Crippen molar-refractivity contribution < 1.29 is 4.79 Å². The predicted molar refractivity (Wildman–Crippen MR) is 113 cm³/mol. The number of carbonyl (C=O) groups excluding carboxylic acids is 1. The van der Waals surface area contributed by atoms with Gasteiger partial charge >= 0.3 is 0 Å². The second-order valence-electron chi connectivity index (χ2n) is 7.05. The van der Waals surface area contributed by atoms with Gasteiger partial charge in [-0.05, 0) is 57.7 Å². The molecule has 1 fully saturated rings. The third-order valence-electron chi connectivity index (χ3n) is 4.54. The number of nitrogens with one attached hydrogen (secondary N) is 3. The van der Waals surface area contributed by atoms with Crippen molar-refractivity contribution in [3.8, 4) is 0 Å². The van der Waals surface area contributed by atoms with Gasteiger partial charge in [0.2, 0.25) is 5.91 Å². The van der Waals surface area contributed by atoms with E-state index in [1.54, 1.807) is 0 Å². The van der Waals surface area contributed by atoms with Gasteiger partial charge in [0.15, 0.2) is 5.96 Å². The molecule has 0 unspecified atom stereocenters. The molecule has 6 nitrogen and oxygen atoms in total. The van der Waals surface area contributed by atoms with E-state index in [4.69, 9.17) is 0 Å². The maximum atomic E-state index is 11.7. The van der Waals surface area contributed by atoms with Gasteiger partial charge in [-0.15, -0.1) is 0 Å². The van der Waals surface area contributed by atoms with Crippen molar-refractivity contribution in [2.24, 2.45) is 4.99 Å². The van der Waals surface area contributed by atoms with Gasteiger partial charge < -0.3 is 20.9 Å². The van der Waals surface area contributed by atoms with Crippen LogP contribution in [0.1, 0.15) is 45.1 Å². The Morgan fingerprint density at radius 2 is 2.07 bits per heavy atom. The first-order valence-corrected chi connectivity index (χ1v) is 10.3. The second-order valence-corrected chi connectivity index (χ2v) is 7.05. The summed E-state index contributed by atoms with van der Waals surface area (Å²) in [5, 5.41) is 9.69. The number of aryl methyl sites for hydroxylation is 1. The standard InChI is InChI=1S/C21H35N5O/c1-4-22-21(23-13-7-10-20(27)25-18-11-12-18)24-14-15-26(5-2)19-9-6-8-17(3)16-19/h6,8-9,16,18H,4-5,7,10-15H2,1-3H3,(H,25,27)(H2,22,23,24). The highest BCUT2D eigenvalue weighted by molar-refractivity contribution is 5.80. The first kappa shape index (κ1) is 21.1. The molecule has 0 atom stereocenters. The Balaban J connectivity index is 1.72. The summed E-state index contributed by atoms with van der Waals surface area (Å²) >= 11 is 0. The molecule has 0 spiro atoms. The molecule has 0 bridgehead atoms. The zero-order chi connectivity index (χ0) is 19.5. The average Bonchev–Trinajstić information content (AvgIpc) is 3.46. The fourth-order valence-electron chi connectivity index (χ4n) is 2.90. The van der Waals surface area contributed by atoms with E-state index in [1.165, 1.54) is 11.3 Å². The van der Waals surface area contributed by atoms with E-state index in [0.29, 0.717) is 19.0 Å². The lowest BCUT2D eigenvalue weighted by Gasteiger charge is -2.24. The summed E-state index contributed by atoms with van der Waals surface area (Å²) in [6, 6.07) is 9.04. The molecule has 0 aliphatic heterocycles. The number of likely N-dealkylation sites (N-methyl/N-ethyl adjacent to an activating group) is 1. The van der Waals surface area contributed by atoms with Crippen LogP contribution >= 0.6 is 0 Å². The van der Waals surface area contributed by atoms with E-state index in [1.807, 2.05) is 0 Å². The van der Waals surface area contributed by atoms with Gasteiger partial charge in [-0.1, -0.05) is 12.1 Å². The molecule has 1 aromatic rings. The van der Waals surface area contributed by atoms with Crippen LogP contribution in [0.5, 0.6) is 0 Å². The number of carbonyl (C=O) groups is 1. The average molecular weight is 374 g/mol. The number of benzene rings is 1. The quantitative estimate of drug-likeness (QED) is 0.317. The fraction of sp³-hybridized carbons (Fsp3) is 0.619. The molecule has 0 radical (unpaired) electrons. The molecule has 0 saturated heterocycles. The number of nitrogens with zero attached hydrogens (tertiary/aromatic N) is 2. The number of hydrogen-bond donors (Lipinski definition) is 3. The Morgan fingerprint density at radius 1 is 1.26 bits per heavy atom. The van der Waals surface area contributed by atoms with Crippen LogP contribution < -0.4 is 20.9 Å². The van der Waals surface area contributed by atoms with Crippen LogP contribution in [0.25, 0.3) is 0 Å². The minimum absolute atomic E-state index is 0.155. The van der Waals surface area contributed by atoms with Gasteiger partial charge in [-0.3, -0.25) is 9.79 Å². The topological polar surface area (TPSA) is 68.8 Å². The van der Waals surface area contributed by atoms with Gasteiger partial charge in [-0.2, -0.15) is 0 Å². The molecular weight excluding hydrogens is 338 g/mol. The van der Waals surface area contributed by atoms with Gasteiger partial charge in [0.25, 0.3) is 0 Å². The van der Waals surface area contributed by atoms with E-state index in [9.17, 15) is 4.79 Å². The number of amides is 1. The number of guanidine groups is 1. The molecule has 1 amide bonds. The molecule has 27 heavy (non-hydrogen) atoms. The van der Waals surface area contributed by atoms with Crippen LogP contribution in [-0.2, 0) is 4.79 Å². The lowest BCUT2D eigenvalue weighted by atomic mass is 10.2. The second kappa shape index (κ2) is 11.5. The van der Waals surface area contributed by atoms with Crippen molar-refractivity contribution in [2.75, 3.05) is 37.6 Å². The van der Waals surface area contributed by atoms with E-state index >= 15 is 0 Å². The first-order valence-electron chi connectivity index (χ1n) is 10.3. The van der Waals surface area contributed by atoms with Gasteiger partial charge in [-0.25, -0.2) is 0 Å². The Kier molecular flexibility index (Phi) is 8.95. The number of anilines is 1. The lowest BCUT2D eigenvalue weighted by Crippen LogP contribution is -2.41. The smallest absolute Gasteiger partial charge is 0.220 e. The molecule has 2 rings (SSSR count). The number of rotatable bonds is 11. The molecule has 1 aromatic carbocycles. The van der Waals surface area contributed by atoms with Crippen molar-refractivity contribution >= 4 is 17.6 Å². The molecular formula is C21H35N5O. The SMILES string of the molecule is CCNC(=NCCCC(=O)NC1CC1)NCCN(CC)c1cccc(C)c1. The summed E-state index contributed by atoms with van der Waals surface area (Å²) in [5.74, 6) is 0.975. The summed E-state index contributed by atoms with van der Waals surface area (Å²) in [6.45, 7) is 10.5. The molecule has 0 aromatic heterocycles. The Labute approximate surface area is 163 Å². The molecule has 1 saturated carbocycles. The molecule has 1 aliphatic carbocycles. The van der Waals surface area contributed by atoms with E-state index in [-0.39, 0.29) is 5.91 Å². The summed E-state index contributed by atoms with van der Waals surface area (Å²) < 4.78 is 0. The van der Waals surface area contributed by atoms with Crippen LogP contribution in [0.15, 0.2) is 29.3 Å². The highest BCUT2D eigenvalue weighted by Crippen LogP contribution is 2.18. The van der Waals surface area contributed by atoms with Crippen molar-refractivity contribution in [3.05, 3.63) is 29.8 Å². The van der Waals surface area contributed by atoms with Crippen LogP contribution in [-0.4, -0.2) is 50.6 Å². The number of hydrogen-bond acceptors (Lipinski definition) is 3. The maximum Gasteiger partial charge on any atom is 0.220 e. The van der Waals surface area contributed by atoms with E-state index < -0.39 is 0 Å².